The van der Waals surface area contributed by atoms with Gasteiger partial charge in [0.25, 0.3) is 0 Å². The quantitative estimate of drug-likeness (QED) is 0.839. The van der Waals surface area contributed by atoms with E-state index in [1.807, 2.05) is 13.0 Å². The predicted molar refractivity (Wildman–Crippen MR) is 91.3 cm³/mol. The minimum absolute atomic E-state index is 0.239. The fourth-order valence-electron chi connectivity index (χ4n) is 3.81. The number of hydrogen-bond acceptors (Lipinski definition) is 3. The molecule has 0 bridgehead atoms. The summed E-state index contributed by atoms with van der Waals surface area (Å²) in [5.41, 5.74) is 0.556. The zero-order chi connectivity index (χ0) is 16.3. The van der Waals surface area contributed by atoms with Crippen molar-refractivity contribution >= 4 is 11.6 Å². The number of carbonyl (C=O) groups is 1. The van der Waals surface area contributed by atoms with Crippen molar-refractivity contribution in [2.75, 3.05) is 20.1 Å². The summed E-state index contributed by atoms with van der Waals surface area (Å²) in [6.45, 7) is 8.50. The molecule has 0 radical (unpaired) electrons. The third-order valence-electron chi connectivity index (χ3n) is 4.97. The van der Waals surface area contributed by atoms with Gasteiger partial charge in [-0.2, -0.15) is 0 Å². The molecule has 1 saturated heterocycles. The molecule has 0 saturated carbocycles. The molecular weight excluding hydrogens is 274 g/mol. The molecule has 2 rings (SSSR count). The number of piperidine rings is 1. The van der Waals surface area contributed by atoms with Gasteiger partial charge in [-0.1, -0.05) is 19.4 Å². The van der Waals surface area contributed by atoms with E-state index in [0.717, 1.165) is 31.5 Å². The fraction of sp³-hybridized carbons (Fsp3) is 0.778. The van der Waals surface area contributed by atoms with Gasteiger partial charge in [0.05, 0.1) is 5.54 Å². The smallest absolute Gasteiger partial charge is 0.161 e. The van der Waals surface area contributed by atoms with Crippen molar-refractivity contribution in [3.63, 3.8) is 0 Å². The van der Waals surface area contributed by atoms with E-state index in [-0.39, 0.29) is 5.78 Å². The van der Waals surface area contributed by atoms with Crippen molar-refractivity contribution in [2.45, 2.75) is 58.4 Å². The van der Waals surface area contributed by atoms with Gasteiger partial charge >= 0.3 is 0 Å². The highest BCUT2D eigenvalue weighted by atomic mass is 16.1. The van der Waals surface area contributed by atoms with Gasteiger partial charge in [-0.25, -0.2) is 0 Å². The number of rotatable bonds is 4. The molecule has 2 N–H and O–H groups in total. The third-order valence-corrected chi connectivity index (χ3v) is 4.97. The van der Waals surface area contributed by atoms with E-state index in [0.29, 0.717) is 24.1 Å². The normalized spacial score (nSPS) is 28.5. The Balaban J connectivity index is 2.02. The highest BCUT2D eigenvalue weighted by Crippen LogP contribution is 2.29. The van der Waals surface area contributed by atoms with Gasteiger partial charge in [-0.15, -0.1) is 0 Å². The largest absolute Gasteiger partial charge is 0.358 e. The van der Waals surface area contributed by atoms with Crippen LogP contribution >= 0.6 is 0 Å². The second-order valence-corrected chi connectivity index (χ2v) is 7.82. The number of Topliss-reactive ketones (excluding diaryl/α,β-unsaturated/α-hetero) is 1. The summed E-state index contributed by atoms with van der Waals surface area (Å²) < 4.78 is 0. The molecule has 0 aromatic carbocycles. The summed E-state index contributed by atoms with van der Waals surface area (Å²) in [7, 11) is 2.17. The Labute approximate surface area is 134 Å². The average molecular weight is 305 g/mol. The minimum atomic E-state index is -0.587. The molecule has 4 nitrogen and oxygen atoms in total. The molecule has 22 heavy (non-hydrogen) atoms. The molecule has 4 heteroatoms. The van der Waals surface area contributed by atoms with Gasteiger partial charge in [-0.3, -0.25) is 10.2 Å². The van der Waals surface area contributed by atoms with Crippen LogP contribution in [0.4, 0.5) is 0 Å². The van der Waals surface area contributed by atoms with E-state index in [2.05, 4.69) is 31.1 Å². The molecule has 0 aromatic rings. The predicted octanol–water partition coefficient (Wildman–Crippen LogP) is 2.99. The number of ketones is 1. The number of carbonyl (C=O) groups excluding carboxylic acids is 1. The molecule has 0 amide bonds. The number of allylic oxidation sites excluding steroid dienone is 1. The lowest BCUT2D eigenvalue weighted by Crippen LogP contribution is -2.51. The maximum atomic E-state index is 12.7. The minimum Gasteiger partial charge on any atom is -0.358 e. The Morgan fingerprint density at radius 1 is 1.41 bits per heavy atom. The number of nitrogens with zero attached hydrogens (tertiary/aromatic N) is 1. The molecule has 0 aliphatic carbocycles. The van der Waals surface area contributed by atoms with Crippen LogP contribution in [-0.4, -0.2) is 42.2 Å². The number of likely N-dealkylation sites (tertiary alicyclic amines) is 1. The maximum Gasteiger partial charge on any atom is 0.161 e. The monoisotopic (exact) mass is 305 g/mol. The number of nitrogens with one attached hydrogen (secondary N) is 2. The van der Waals surface area contributed by atoms with E-state index in [1.165, 1.54) is 12.8 Å². The Kier molecular flexibility index (Phi) is 5.43. The lowest BCUT2D eigenvalue weighted by atomic mass is 9.83. The summed E-state index contributed by atoms with van der Waals surface area (Å²) in [6.07, 6.45) is 6.57. The van der Waals surface area contributed by atoms with E-state index in [4.69, 9.17) is 5.41 Å². The second kappa shape index (κ2) is 6.95. The van der Waals surface area contributed by atoms with Crippen LogP contribution in [0.5, 0.6) is 0 Å². The molecule has 0 spiro atoms. The zero-order valence-electron chi connectivity index (χ0n) is 14.5. The Hall–Kier alpha value is -1.16. The first-order valence-electron chi connectivity index (χ1n) is 8.56. The highest BCUT2D eigenvalue weighted by molar-refractivity contribution is 6.01. The van der Waals surface area contributed by atoms with Gasteiger partial charge in [-0.05, 0) is 70.7 Å². The summed E-state index contributed by atoms with van der Waals surface area (Å²) in [5.74, 6) is 1.74. The first kappa shape index (κ1) is 17.2. The van der Waals surface area contributed by atoms with Crippen molar-refractivity contribution in [1.82, 2.24) is 10.2 Å². The van der Waals surface area contributed by atoms with Crippen LogP contribution in [-0.2, 0) is 4.79 Å². The summed E-state index contributed by atoms with van der Waals surface area (Å²) in [4.78, 5) is 15.1. The van der Waals surface area contributed by atoms with Gasteiger partial charge in [0.2, 0.25) is 0 Å². The van der Waals surface area contributed by atoms with E-state index in [9.17, 15) is 4.79 Å². The van der Waals surface area contributed by atoms with Gasteiger partial charge in [0.15, 0.2) is 5.78 Å². The summed E-state index contributed by atoms with van der Waals surface area (Å²) in [6, 6.07) is 0. The lowest BCUT2D eigenvalue weighted by Gasteiger charge is -2.31. The van der Waals surface area contributed by atoms with E-state index in [1.54, 1.807) is 0 Å². The Morgan fingerprint density at radius 3 is 2.64 bits per heavy atom. The molecule has 2 aliphatic rings. The molecule has 1 atom stereocenters. The standard InChI is InChI=1S/C18H31N3O/c1-13(2)12-18(3)16(22)10-15(11-17(19)20-18)9-14-5-7-21(4)8-6-14/h11,13-14H,5-10,12H2,1-4H3,(H2,19,20). The topological polar surface area (TPSA) is 56.2 Å². The molecule has 124 valence electrons. The lowest BCUT2D eigenvalue weighted by molar-refractivity contribution is -0.124. The molecule has 0 aromatic heterocycles. The first-order valence-corrected chi connectivity index (χ1v) is 8.56. The van der Waals surface area contributed by atoms with Crippen molar-refractivity contribution in [3.05, 3.63) is 11.6 Å². The molecule has 2 heterocycles. The Bertz CT molecular complexity index is 461. The SMILES string of the molecule is CC(C)CC1(C)NC(=N)C=C(CC2CCN(C)CC2)CC1=O. The van der Waals surface area contributed by atoms with Crippen LogP contribution in [0, 0.1) is 17.2 Å². The van der Waals surface area contributed by atoms with Crippen molar-refractivity contribution in [2.24, 2.45) is 11.8 Å². The third kappa shape index (κ3) is 4.42. The van der Waals surface area contributed by atoms with Crippen LogP contribution in [0.1, 0.15) is 52.9 Å². The van der Waals surface area contributed by atoms with Gasteiger partial charge < -0.3 is 10.2 Å². The average Bonchev–Trinajstić information content (AvgIpc) is 2.48. The van der Waals surface area contributed by atoms with Gasteiger partial charge in [0.1, 0.15) is 5.84 Å². The molecule has 1 unspecified atom stereocenters. The van der Waals surface area contributed by atoms with Crippen LogP contribution in [0.2, 0.25) is 0 Å². The van der Waals surface area contributed by atoms with Crippen LogP contribution in [0.15, 0.2) is 11.6 Å². The fourth-order valence-corrected chi connectivity index (χ4v) is 3.81. The van der Waals surface area contributed by atoms with Crippen LogP contribution in [0.25, 0.3) is 0 Å². The van der Waals surface area contributed by atoms with Crippen LogP contribution in [0.3, 0.4) is 0 Å². The molecule has 2 aliphatic heterocycles. The van der Waals surface area contributed by atoms with Gasteiger partial charge in [0, 0.05) is 6.42 Å². The van der Waals surface area contributed by atoms with E-state index >= 15 is 0 Å². The van der Waals surface area contributed by atoms with Crippen molar-refractivity contribution < 1.29 is 4.79 Å². The van der Waals surface area contributed by atoms with E-state index < -0.39 is 5.54 Å². The van der Waals surface area contributed by atoms with Crippen LogP contribution < -0.4 is 5.32 Å². The highest BCUT2D eigenvalue weighted by Gasteiger charge is 2.36. The summed E-state index contributed by atoms with van der Waals surface area (Å²) in [5, 5.41) is 11.3. The zero-order valence-corrected chi connectivity index (χ0v) is 14.5. The molecule has 1 fully saturated rings. The molecular formula is C18H31N3O. The van der Waals surface area contributed by atoms with Crippen molar-refractivity contribution in [1.29, 1.82) is 5.41 Å². The van der Waals surface area contributed by atoms with Crippen molar-refractivity contribution in [3.8, 4) is 0 Å². The number of hydrogen-bond donors (Lipinski definition) is 2. The number of amidine groups is 1. The first-order chi connectivity index (χ1) is 10.3. The maximum absolute atomic E-state index is 12.7. The second-order valence-electron chi connectivity index (χ2n) is 7.82. The summed E-state index contributed by atoms with van der Waals surface area (Å²) >= 11 is 0. The Morgan fingerprint density at radius 2 is 2.05 bits per heavy atom.